The molecule has 1 N–H and O–H groups in total. The second-order valence-electron chi connectivity index (χ2n) is 21.5. The van der Waals surface area contributed by atoms with Crippen LogP contribution in [-0.2, 0) is 23.9 Å². The molecule has 1 aliphatic rings. The number of ether oxygens (including phenoxy) is 2. The van der Waals surface area contributed by atoms with Crippen molar-refractivity contribution in [2.75, 3.05) is 66.6 Å². The Bertz CT molecular complexity index is 1090. The molecule has 1 fully saturated rings. The van der Waals surface area contributed by atoms with E-state index in [4.69, 9.17) is 9.47 Å². The largest absolute Gasteiger partial charge is 0.465 e. The van der Waals surface area contributed by atoms with Crippen molar-refractivity contribution in [2.45, 2.75) is 277 Å². The SMILES string of the molecule is CCCCCCCCC(CCCCCC)COC(=O)CCCCCN(CCCCCC(=O)OCC(CCCCCC)CCCCCCCC)CCCCCC(=O)N1CCC(O)(CN(C)C)CC1. The van der Waals surface area contributed by atoms with E-state index < -0.39 is 5.60 Å². The van der Waals surface area contributed by atoms with Crippen LogP contribution in [0.15, 0.2) is 0 Å². The number of likely N-dealkylation sites (N-methyl/N-ethyl adjacent to an activating group) is 1. The molecule has 67 heavy (non-hydrogen) atoms. The summed E-state index contributed by atoms with van der Waals surface area (Å²) in [6.07, 6.45) is 42.3. The van der Waals surface area contributed by atoms with Gasteiger partial charge >= 0.3 is 11.9 Å². The molecule has 0 spiro atoms. The van der Waals surface area contributed by atoms with Crippen LogP contribution in [-0.4, -0.2) is 110 Å². The standard InChI is InChI=1S/C58H113N3O6/c1-7-11-15-19-21-28-38-53(36-26-17-13-9-3)50-66-56(63)41-31-24-34-46-60(45-33-23-30-40-55(62)61-48-43-58(65,44-49-61)52-59(5)6)47-35-25-32-42-57(64)67-51-54(37-27-18-14-10-4)39-29-22-20-16-12-8-2/h53-54,65H,7-52H2,1-6H3. The minimum Gasteiger partial charge on any atom is -0.465 e. The van der Waals surface area contributed by atoms with Crippen molar-refractivity contribution in [2.24, 2.45) is 11.8 Å². The van der Waals surface area contributed by atoms with Gasteiger partial charge in [0, 0.05) is 38.9 Å². The van der Waals surface area contributed by atoms with Gasteiger partial charge < -0.3 is 29.3 Å². The highest BCUT2D eigenvalue weighted by molar-refractivity contribution is 5.76. The van der Waals surface area contributed by atoms with Crippen molar-refractivity contribution in [1.29, 1.82) is 0 Å². The van der Waals surface area contributed by atoms with E-state index in [1.807, 2.05) is 23.9 Å². The van der Waals surface area contributed by atoms with Gasteiger partial charge in [-0.2, -0.15) is 0 Å². The van der Waals surface area contributed by atoms with E-state index in [0.717, 1.165) is 77.4 Å². The van der Waals surface area contributed by atoms with Crippen molar-refractivity contribution < 1.29 is 29.0 Å². The van der Waals surface area contributed by atoms with E-state index in [2.05, 4.69) is 32.6 Å². The Morgan fingerprint density at radius 2 is 0.806 bits per heavy atom. The third-order valence-electron chi connectivity index (χ3n) is 14.6. The molecule has 0 radical (unpaired) electrons. The molecule has 396 valence electrons. The molecule has 2 atom stereocenters. The number of carbonyl (C=O) groups excluding carboxylic acids is 3. The van der Waals surface area contributed by atoms with Crippen LogP contribution >= 0.6 is 0 Å². The number of hydrogen-bond acceptors (Lipinski definition) is 8. The monoisotopic (exact) mass is 948 g/mol. The number of aliphatic hydroxyl groups is 1. The predicted molar refractivity (Wildman–Crippen MR) is 284 cm³/mol. The molecule has 9 nitrogen and oxygen atoms in total. The Kier molecular flexibility index (Phi) is 41.8. The molecule has 1 aliphatic heterocycles. The number of rotatable bonds is 48. The van der Waals surface area contributed by atoms with Crippen molar-refractivity contribution in [1.82, 2.24) is 14.7 Å². The maximum atomic E-state index is 13.0. The minimum atomic E-state index is -0.691. The summed E-state index contributed by atoms with van der Waals surface area (Å²) < 4.78 is 11.8. The van der Waals surface area contributed by atoms with Crippen molar-refractivity contribution in [3.63, 3.8) is 0 Å². The van der Waals surface area contributed by atoms with Gasteiger partial charge in [-0.15, -0.1) is 0 Å². The van der Waals surface area contributed by atoms with Crippen molar-refractivity contribution in [3.8, 4) is 0 Å². The van der Waals surface area contributed by atoms with E-state index in [1.165, 1.54) is 154 Å². The van der Waals surface area contributed by atoms with Gasteiger partial charge in [-0.3, -0.25) is 14.4 Å². The first-order valence-electron chi connectivity index (χ1n) is 29.2. The van der Waals surface area contributed by atoms with Gasteiger partial charge in [0.1, 0.15) is 0 Å². The van der Waals surface area contributed by atoms with Gasteiger partial charge in [-0.1, -0.05) is 175 Å². The van der Waals surface area contributed by atoms with Crippen molar-refractivity contribution in [3.05, 3.63) is 0 Å². The van der Waals surface area contributed by atoms with Gasteiger partial charge in [0.05, 0.1) is 18.8 Å². The maximum Gasteiger partial charge on any atom is 0.305 e. The highest BCUT2D eigenvalue weighted by Crippen LogP contribution is 2.25. The minimum absolute atomic E-state index is 0.0273. The number of piperidine rings is 1. The lowest BCUT2D eigenvalue weighted by Crippen LogP contribution is -2.51. The molecular formula is C58H113N3O6. The molecular weight excluding hydrogens is 835 g/mol. The van der Waals surface area contributed by atoms with E-state index >= 15 is 0 Å². The molecule has 0 aromatic carbocycles. The van der Waals surface area contributed by atoms with Gasteiger partial charge in [0.25, 0.3) is 0 Å². The van der Waals surface area contributed by atoms with E-state index in [0.29, 0.717) is 76.8 Å². The predicted octanol–water partition coefficient (Wildman–Crippen LogP) is 14.6. The second-order valence-corrected chi connectivity index (χ2v) is 21.5. The van der Waals surface area contributed by atoms with Gasteiger partial charge in [-0.05, 0) is 123 Å². The van der Waals surface area contributed by atoms with Crippen LogP contribution in [0.5, 0.6) is 0 Å². The Balaban J connectivity index is 2.57. The van der Waals surface area contributed by atoms with Crippen LogP contribution in [0.3, 0.4) is 0 Å². The van der Waals surface area contributed by atoms with E-state index in [9.17, 15) is 19.5 Å². The van der Waals surface area contributed by atoms with E-state index in [1.54, 1.807) is 0 Å². The average molecular weight is 949 g/mol. The highest BCUT2D eigenvalue weighted by atomic mass is 16.5. The molecule has 0 aromatic heterocycles. The summed E-state index contributed by atoms with van der Waals surface area (Å²) in [5.41, 5.74) is -0.691. The molecule has 2 unspecified atom stereocenters. The summed E-state index contributed by atoms with van der Waals surface area (Å²) in [6, 6.07) is 0. The number of likely N-dealkylation sites (tertiary alicyclic amines) is 1. The number of nitrogens with zero attached hydrogens (tertiary/aromatic N) is 3. The zero-order chi connectivity index (χ0) is 49.1. The van der Waals surface area contributed by atoms with Crippen LogP contribution in [0.1, 0.15) is 272 Å². The first-order valence-corrected chi connectivity index (χ1v) is 29.2. The summed E-state index contributed by atoms with van der Waals surface area (Å²) in [4.78, 5) is 45.3. The highest BCUT2D eigenvalue weighted by Gasteiger charge is 2.34. The fourth-order valence-corrected chi connectivity index (χ4v) is 10.1. The Hall–Kier alpha value is -1.71. The van der Waals surface area contributed by atoms with Gasteiger partial charge in [0.15, 0.2) is 0 Å². The molecule has 0 aliphatic carbocycles. The molecule has 0 bridgehead atoms. The van der Waals surface area contributed by atoms with Crippen LogP contribution in [0, 0.1) is 11.8 Å². The summed E-state index contributed by atoms with van der Waals surface area (Å²) in [5, 5.41) is 10.9. The number of hydrogen-bond donors (Lipinski definition) is 1. The molecule has 0 saturated carbocycles. The zero-order valence-corrected chi connectivity index (χ0v) is 45.5. The maximum absolute atomic E-state index is 13.0. The smallest absolute Gasteiger partial charge is 0.305 e. The summed E-state index contributed by atoms with van der Waals surface area (Å²) in [5.74, 6) is 1.17. The summed E-state index contributed by atoms with van der Waals surface area (Å²) >= 11 is 0. The van der Waals surface area contributed by atoms with Gasteiger partial charge in [0.2, 0.25) is 5.91 Å². The number of amides is 1. The first kappa shape index (κ1) is 63.3. The fraction of sp³-hybridized carbons (Fsp3) is 0.948. The van der Waals surface area contributed by atoms with Crippen LogP contribution in [0.4, 0.5) is 0 Å². The number of carbonyl (C=O) groups is 3. The van der Waals surface area contributed by atoms with Crippen LogP contribution < -0.4 is 0 Å². The lowest BCUT2D eigenvalue weighted by Gasteiger charge is -2.39. The summed E-state index contributed by atoms with van der Waals surface area (Å²) in [6.45, 7) is 15.2. The molecule has 1 saturated heterocycles. The molecule has 0 aromatic rings. The second kappa shape index (κ2) is 44.2. The summed E-state index contributed by atoms with van der Waals surface area (Å²) in [7, 11) is 3.97. The Morgan fingerprint density at radius 3 is 1.18 bits per heavy atom. The zero-order valence-electron chi connectivity index (χ0n) is 45.5. The molecule has 9 heteroatoms. The first-order chi connectivity index (χ1) is 32.5. The number of unbranched alkanes of at least 4 members (excludes halogenated alkanes) is 22. The third kappa shape index (κ3) is 37.7. The van der Waals surface area contributed by atoms with E-state index in [-0.39, 0.29) is 17.8 Å². The lowest BCUT2D eigenvalue weighted by molar-refractivity contribution is -0.146. The van der Waals surface area contributed by atoms with Crippen LogP contribution in [0.25, 0.3) is 0 Å². The van der Waals surface area contributed by atoms with Gasteiger partial charge in [-0.25, -0.2) is 0 Å². The fourth-order valence-electron chi connectivity index (χ4n) is 10.1. The quantitative estimate of drug-likeness (QED) is 0.0476. The lowest BCUT2D eigenvalue weighted by atomic mass is 9.90. The van der Waals surface area contributed by atoms with Crippen molar-refractivity contribution >= 4 is 17.8 Å². The molecule has 1 amide bonds. The average Bonchev–Trinajstić information content (AvgIpc) is 3.30. The third-order valence-corrected chi connectivity index (χ3v) is 14.6. The molecule has 1 heterocycles. The Labute approximate surface area is 415 Å². The normalized spacial score (nSPS) is 14.8. The van der Waals surface area contributed by atoms with Crippen LogP contribution in [0.2, 0.25) is 0 Å². The topological polar surface area (TPSA) is 99.6 Å². The molecule has 1 rings (SSSR count). The number of esters is 2. The Morgan fingerprint density at radius 1 is 0.478 bits per heavy atom.